The first-order valence-corrected chi connectivity index (χ1v) is 5.92. The van der Waals surface area contributed by atoms with Crippen molar-refractivity contribution in [2.45, 2.75) is 39.0 Å². The Kier molecular flexibility index (Phi) is 11.3. The van der Waals surface area contributed by atoms with Crippen LogP contribution in [0.25, 0.3) is 0 Å². The Morgan fingerprint density at radius 1 is 1.25 bits per heavy atom. The van der Waals surface area contributed by atoms with Crippen molar-refractivity contribution in [3.63, 3.8) is 0 Å². The molecule has 0 spiro atoms. The lowest BCUT2D eigenvalue weighted by Gasteiger charge is -2.04. The van der Waals surface area contributed by atoms with Crippen molar-refractivity contribution < 1.29 is 14.6 Å². The van der Waals surface area contributed by atoms with Crippen LogP contribution in [0, 0.1) is 0 Å². The van der Waals surface area contributed by atoms with E-state index < -0.39 is 5.97 Å². The molecule has 0 saturated carbocycles. The van der Waals surface area contributed by atoms with Crippen molar-refractivity contribution in [2.75, 3.05) is 19.7 Å². The van der Waals surface area contributed by atoms with Gasteiger partial charge in [-0.3, -0.25) is 4.79 Å². The van der Waals surface area contributed by atoms with Crippen molar-refractivity contribution in [1.82, 2.24) is 5.32 Å². The lowest BCUT2D eigenvalue weighted by molar-refractivity contribution is -0.137. The van der Waals surface area contributed by atoms with Crippen molar-refractivity contribution in [3.05, 3.63) is 12.3 Å². The molecule has 0 saturated heterocycles. The quantitative estimate of drug-likeness (QED) is 0.421. The number of aliphatic carboxylic acids is 1. The summed E-state index contributed by atoms with van der Waals surface area (Å²) in [5.41, 5.74) is 0. The molecular weight excluding hydrogens is 206 g/mol. The predicted octanol–water partition coefficient (Wildman–Crippen LogP) is 2.16. The minimum absolute atomic E-state index is 0.277. The molecule has 0 aliphatic rings. The molecule has 0 aliphatic heterocycles. The van der Waals surface area contributed by atoms with Gasteiger partial charge in [0.1, 0.15) is 0 Å². The monoisotopic (exact) mass is 229 g/mol. The third-order valence-electron chi connectivity index (χ3n) is 2.09. The normalized spacial score (nSPS) is 10.8. The molecular formula is C12H23NO3. The van der Waals surface area contributed by atoms with Gasteiger partial charge in [-0.05, 0) is 45.7 Å². The number of carboxylic acids is 1. The van der Waals surface area contributed by atoms with Crippen LogP contribution in [-0.2, 0) is 9.53 Å². The molecule has 16 heavy (non-hydrogen) atoms. The third-order valence-corrected chi connectivity index (χ3v) is 2.09. The van der Waals surface area contributed by atoms with Crippen LogP contribution in [0.1, 0.15) is 39.0 Å². The Bertz CT molecular complexity index is 193. The van der Waals surface area contributed by atoms with E-state index >= 15 is 0 Å². The molecule has 0 aromatic carbocycles. The lowest BCUT2D eigenvalue weighted by atomic mass is 10.2. The zero-order valence-corrected chi connectivity index (χ0v) is 10.1. The summed E-state index contributed by atoms with van der Waals surface area (Å²) in [5, 5.41) is 11.7. The van der Waals surface area contributed by atoms with Crippen LogP contribution in [0.4, 0.5) is 0 Å². The van der Waals surface area contributed by atoms with Crippen LogP contribution in [0.3, 0.4) is 0 Å². The number of hydrogen-bond acceptors (Lipinski definition) is 3. The maximum absolute atomic E-state index is 10.2. The van der Waals surface area contributed by atoms with E-state index in [1.54, 1.807) is 6.26 Å². The lowest BCUT2D eigenvalue weighted by Crippen LogP contribution is -2.17. The molecule has 0 aromatic heterocycles. The topological polar surface area (TPSA) is 58.6 Å². The van der Waals surface area contributed by atoms with Crippen LogP contribution in [0.5, 0.6) is 0 Å². The molecule has 94 valence electrons. The molecule has 0 unspecified atom stereocenters. The maximum Gasteiger partial charge on any atom is 0.303 e. The summed E-state index contributed by atoms with van der Waals surface area (Å²) >= 11 is 0. The number of unbranched alkanes of at least 4 members (excludes halogenated alkanes) is 2. The molecule has 0 bridgehead atoms. The minimum Gasteiger partial charge on any atom is -0.502 e. The molecule has 0 atom stereocenters. The van der Waals surface area contributed by atoms with Crippen LogP contribution in [0.2, 0.25) is 0 Å². The van der Waals surface area contributed by atoms with Gasteiger partial charge in [-0.2, -0.15) is 0 Å². The first-order chi connectivity index (χ1) is 7.77. The van der Waals surface area contributed by atoms with E-state index in [9.17, 15) is 4.79 Å². The van der Waals surface area contributed by atoms with Crippen molar-refractivity contribution in [3.8, 4) is 0 Å². The van der Waals surface area contributed by atoms with Gasteiger partial charge >= 0.3 is 5.97 Å². The van der Waals surface area contributed by atoms with E-state index in [2.05, 4.69) is 5.32 Å². The summed E-state index contributed by atoms with van der Waals surface area (Å²) in [4.78, 5) is 10.2. The Labute approximate surface area is 97.7 Å². The maximum atomic E-state index is 10.2. The predicted molar refractivity (Wildman–Crippen MR) is 64.4 cm³/mol. The first kappa shape index (κ1) is 15.0. The average Bonchev–Trinajstić information content (AvgIpc) is 2.25. The smallest absolute Gasteiger partial charge is 0.303 e. The summed E-state index contributed by atoms with van der Waals surface area (Å²) in [6, 6.07) is 0. The number of rotatable bonds is 11. The number of hydrogen-bond donors (Lipinski definition) is 2. The SMILES string of the molecule is C/C=C/OCCCCNCCCCC(=O)O. The van der Waals surface area contributed by atoms with Crippen LogP contribution in [-0.4, -0.2) is 30.8 Å². The summed E-state index contributed by atoms with van der Waals surface area (Å²) < 4.78 is 5.18. The Morgan fingerprint density at radius 2 is 1.94 bits per heavy atom. The Hall–Kier alpha value is -1.03. The van der Waals surface area contributed by atoms with E-state index in [0.717, 1.165) is 45.4 Å². The second kappa shape index (κ2) is 12.0. The molecule has 0 aliphatic carbocycles. The molecule has 0 fully saturated rings. The van der Waals surface area contributed by atoms with Gasteiger partial charge in [0.05, 0.1) is 12.9 Å². The minimum atomic E-state index is -0.707. The molecule has 4 nitrogen and oxygen atoms in total. The molecule has 0 rings (SSSR count). The number of nitrogens with one attached hydrogen (secondary N) is 1. The van der Waals surface area contributed by atoms with Gasteiger partial charge in [-0.1, -0.05) is 6.08 Å². The van der Waals surface area contributed by atoms with Crippen molar-refractivity contribution >= 4 is 5.97 Å². The standard InChI is InChI=1S/C12H23NO3/c1-2-10-16-11-6-5-9-13-8-4-3-7-12(14)15/h2,10,13H,3-9,11H2,1H3,(H,14,15)/b10-2+. The Morgan fingerprint density at radius 3 is 2.56 bits per heavy atom. The molecule has 2 N–H and O–H groups in total. The fourth-order valence-electron chi connectivity index (χ4n) is 1.25. The van der Waals surface area contributed by atoms with E-state index in [-0.39, 0.29) is 6.42 Å². The molecule has 4 heteroatoms. The summed E-state index contributed by atoms with van der Waals surface area (Å²) in [7, 11) is 0. The van der Waals surface area contributed by atoms with Crippen LogP contribution < -0.4 is 5.32 Å². The number of carbonyl (C=O) groups is 1. The van der Waals surface area contributed by atoms with Gasteiger partial charge in [-0.15, -0.1) is 0 Å². The molecule has 0 radical (unpaired) electrons. The second-order valence-corrected chi connectivity index (χ2v) is 3.65. The van der Waals surface area contributed by atoms with Gasteiger partial charge in [0.2, 0.25) is 0 Å². The van der Waals surface area contributed by atoms with Gasteiger partial charge in [-0.25, -0.2) is 0 Å². The van der Waals surface area contributed by atoms with Gasteiger partial charge in [0, 0.05) is 6.42 Å². The number of allylic oxidation sites excluding steroid dienone is 1. The molecule has 0 amide bonds. The zero-order valence-electron chi connectivity index (χ0n) is 10.1. The number of carboxylic acid groups (broad SMARTS) is 1. The largest absolute Gasteiger partial charge is 0.502 e. The first-order valence-electron chi connectivity index (χ1n) is 5.92. The van der Waals surface area contributed by atoms with Crippen molar-refractivity contribution in [1.29, 1.82) is 0 Å². The summed E-state index contributed by atoms with van der Waals surface area (Å²) in [6.45, 7) is 4.58. The van der Waals surface area contributed by atoms with Gasteiger partial charge < -0.3 is 15.2 Å². The average molecular weight is 229 g/mol. The summed E-state index contributed by atoms with van der Waals surface area (Å²) in [6.07, 6.45) is 7.69. The van der Waals surface area contributed by atoms with E-state index in [4.69, 9.17) is 9.84 Å². The fourth-order valence-corrected chi connectivity index (χ4v) is 1.25. The van der Waals surface area contributed by atoms with Crippen LogP contribution >= 0.6 is 0 Å². The van der Waals surface area contributed by atoms with Crippen molar-refractivity contribution in [2.24, 2.45) is 0 Å². The summed E-state index contributed by atoms with van der Waals surface area (Å²) in [5.74, 6) is -0.707. The van der Waals surface area contributed by atoms with Gasteiger partial charge in [0.15, 0.2) is 0 Å². The highest BCUT2D eigenvalue weighted by Gasteiger charge is 1.95. The highest BCUT2D eigenvalue weighted by molar-refractivity contribution is 5.66. The molecule has 0 aromatic rings. The van der Waals surface area contributed by atoms with E-state index in [1.807, 2.05) is 13.0 Å². The highest BCUT2D eigenvalue weighted by Crippen LogP contribution is 1.94. The Balaban J connectivity index is 2.96. The second-order valence-electron chi connectivity index (χ2n) is 3.65. The van der Waals surface area contributed by atoms with Crippen LogP contribution in [0.15, 0.2) is 12.3 Å². The van der Waals surface area contributed by atoms with E-state index in [1.165, 1.54) is 0 Å². The number of ether oxygens (including phenoxy) is 1. The zero-order chi connectivity index (χ0) is 12.1. The van der Waals surface area contributed by atoms with E-state index in [0.29, 0.717) is 0 Å². The van der Waals surface area contributed by atoms with Gasteiger partial charge in [0.25, 0.3) is 0 Å². The molecule has 0 heterocycles. The third kappa shape index (κ3) is 13.0. The highest BCUT2D eigenvalue weighted by atomic mass is 16.5. The fraction of sp³-hybridized carbons (Fsp3) is 0.750.